The number of nitrogens with zero attached hydrogens (tertiary/aromatic N) is 1. The van der Waals surface area contributed by atoms with Gasteiger partial charge in [-0.3, -0.25) is 11.3 Å². The Hall–Kier alpha value is -1.13. The van der Waals surface area contributed by atoms with E-state index in [1.165, 1.54) is 31.2 Å². The van der Waals surface area contributed by atoms with Crippen LogP contribution in [0.2, 0.25) is 0 Å². The molecule has 0 spiro atoms. The van der Waals surface area contributed by atoms with Gasteiger partial charge in [0.25, 0.3) is 0 Å². The van der Waals surface area contributed by atoms with E-state index in [9.17, 15) is 0 Å². The van der Waals surface area contributed by atoms with Crippen LogP contribution in [-0.4, -0.2) is 18.1 Å². The summed E-state index contributed by atoms with van der Waals surface area (Å²) in [6.45, 7) is 2.34. The van der Waals surface area contributed by atoms with Gasteiger partial charge < -0.3 is 4.74 Å². The molecule has 1 heterocycles. The molecule has 2 rings (SSSR count). The molecule has 106 valence electrons. The Kier molecular flexibility index (Phi) is 5.16. The van der Waals surface area contributed by atoms with Crippen molar-refractivity contribution in [2.45, 2.75) is 45.1 Å². The SMILES string of the molecule is COc1ccc(CC(NN)C2CCC(C)CC2)cn1. The third-order valence-corrected chi connectivity index (χ3v) is 4.31. The molecule has 0 aromatic carbocycles. The Morgan fingerprint density at radius 1 is 1.37 bits per heavy atom. The summed E-state index contributed by atoms with van der Waals surface area (Å²) in [6.07, 6.45) is 8.02. The van der Waals surface area contributed by atoms with E-state index >= 15 is 0 Å². The first kappa shape index (κ1) is 14.3. The second kappa shape index (κ2) is 6.87. The van der Waals surface area contributed by atoms with E-state index < -0.39 is 0 Å². The van der Waals surface area contributed by atoms with Gasteiger partial charge >= 0.3 is 0 Å². The Morgan fingerprint density at radius 2 is 2.11 bits per heavy atom. The number of rotatable bonds is 5. The summed E-state index contributed by atoms with van der Waals surface area (Å²) < 4.78 is 5.08. The predicted molar refractivity (Wildman–Crippen MR) is 76.7 cm³/mol. The van der Waals surface area contributed by atoms with Gasteiger partial charge in [0.15, 0.2) is 0 Å². The zero-order chi connectivity index (χ0) is 13.7. The quantitative estimate of drug-likeness (QED) is 0.632. The average molecular weight is 263 g/mol. The molecule has 0 saturated heterocycles. The smallest absolute Gasteiger partial charge is 0.212 e. The first-order valence-corrected chi connectivity index (χ1v) is 7.18. The van der Waals surface area contributed by atoms with Crippen molar-refractivity contribution in [3.05, 3.63) is 23.9 Å². The van der Waals surface area contributed by atoms with Gasteiger partial charge in [0.05, 0.1) is 7.11 Å². The molecule has 1 unspecified atom stereocenters. The second-order valence-electron chi connectivity index (χ2n) is 5.71. The van der Waals surface area contributed by atoms with Gasteiger partial charge in [-0.25, -0.2) is 4.98 Å². The Morgan fingerprint density at radius 3 is 2.63 bits per heavy atom. The molecule has 4 heteroatoms. The second-order valence-corrected chi connectivity index (χ2v) is 5.71. The minimum absolute atomic E-state index is 0.350. The number of hydrogen-bond donors (Lipinski definition) is 2. The molecule has 1 atom stereocenters. The lowest BCUT2D eigenvalue weighted by Gasteiger charge is -2.32. The number of pyridine rings is 1. The van der Waals surface area contributed by atoms with Crippen molar-refractivity contribution in [3.63, 3.8) is 0 Å². The van der Waals surface area contributed by atoms with Crippen LogP contribution in [0.25, 0.3) is 0 Å². The standard InChI is InChI=1S/C15H25N3O/c1-11-3-6-13(7-4-11)14(18-16)9-12-5-8-15(19-2)17-10-12/h5,8,10-11,13-14,18H,3-4,6-7,9,16H2,1-2H3. The van der Waals surface area contributed by atoms with E-state index in [-0.39, 0.29) is 0 Å². The summed E-state index contributed by atoms with van der Waals surface area (Å²) in [4.78, 5) is 4.25. The molecular weight excluding hydrogens is 238 g/mol. The first-order valence-electron chi connectivity index (χ1n) is 7.18. The number of hydrogen-bond acceptors (Lipinski definition) is 4. The summed E-state index contributed by atoms with van der Waals surface area (Å²) in [6, 6.07) is 4.33. The third kappa shape index (κ3) is 3.91. The highest BCUT2D eigenvalue weighted by molar-refractivity contribution is 5.18. The maximum Gasteiger partial charge on any atom is 0.212 e. The van der Waals surface area contributed by atoms with Gasteiger partial charge in [-0.1, -0.05) is 25.8 Å². The van der Waals surface area contributed by atoms with E-state index in [0.717, 1.165) is 12.3 Å². The Labute approximate surface area is 115 Å². The van der Waals surface area contributed by atoms with Gasteiger partial charge in [-0.2, -0.15) is 0 Å². The lowest BCUT2D eigenvalue weighted by atomic mass is 9.78. The fourth-order valence-corrected chi connectivity index (χ4v) is 2.96. The number of methoxy groups -OCH3 is 1. The molecular formula is C15H25N3O. The molecule has 1 aliphatic carbocycles. The van der Waals surface area contributed by atoms with E-state index in [1.807, 2.05) is 12.3 Å². The van der Waals surface area contributed by atoms with Crippen LogP contribution in [0.1, 0.15) is 38.2 Å². The zero-order valence-electron chi connectivity index (χ0n) is 11.9. The molecule has 0 aliphatic heterocycles. The number of aromatic nitrogens is 1. The molecule has 1 saturated carbocycles. The van der Waals surface area contributed by atoms with E-state index in [2.05, 4.69) is 23.4 Å². The van der Waals surface area contributed by atoms with Crippen molar-refractivity contribution in [1.29, 1.82) is 0 Å². The van der Waals surface area contributed by atoms with Crippen molar-refractivity contribution < 1.29 is 4.74 Å². The van der Waals surface area contributed by atoms with Crippen LogP contribution >= 0.6 is 0 Å². The van der Waals surface area contributed by atoms with E-state index in [1.54, 1.807) is 7.11 Å². The molecule has 3 N–H and O–H groups in total. The molecule has 0 amide bonds. The average Bonchev–Trinajstić information content (AvgIpc) is 2.46. The van der Waals surface area contributed by atoms with Gasteiger partial charge in [-0.05, 0) is 36.7 Å². The first-order chi connectivity index (χ1) is 9.22. The monoisotopic (exact) mass is 263 g/mol. The van der Waals surface area contributed by atoms with Gasteiger partial charge in [0.2, 0.25) is 5.88 Å². The Bertz CT molecular complexity index is 371. The third-order valence-electron chi connectivity index (χ3n) is 4.31. The van der Waals surface area contributed by atoms with Crippen LogP contribution in [0.5, 0.6) is 5.88 Å². The molecule has 0 radical (unpaired) electrons. The molecule has 1 aliphatic rings. The van der Waals surface area contributed by atoms with E-state index in [4.69, 9.17) is 10.6 Å². The summed E-state index contributed by atoms with van der Waals surface area (Å²) in [5.41, 5.74) is 4.22. The van der Waals surface area contributed by atoms with Crippen LogP contribution in [0, 0.1) is 11.8 Å². The van der Waals surface area contributed by atoms with E-state index in [0.29, 0.717) is 17.8 Å². The molecule has 1 fully saturated rings. The predicted octanol–water partition coefficient (Wildman–Crippen LogP) is 2.29. The fraction of sp³-hybridized carbons (Fsp3) is 0.667. The molecule has 0 bridgehead atoms. The molecule has 4 nitrogen and oxygen atoms in total. The molecule has 1 aromatic heterocycles. The summed E-state index contributed by atoms with van der Waals surface area (Å²) in [7, 11) is 1.63. The summed E-state index contributed by atoms with van der Waals surface area (Å²) in [5.74, 6) is 7.96. The van der Waals surface area contributed by atoms with Crippen LogP contribution in [0.3, 0.4) is 0 Å². The van der Waals surface area contributed by atoms with Crippen molar-refractivity contribution in [2.75, 3.05) is 7.11 Å². The van der Waals surface area contributed by atoms with Crippen LogP contribution in [0.4, 0.5) is 0 Å². The van der Waals surface area contributed by atoms with Crippen molar-refractivity contribution >= 4 is 0 Å². The highest BCUT2D eigenvalue weighted by Crippen LogP contribution is 2.31. The van der Waals surface area contributed by atoms with Crippen LogP contribution in [0.15, 0.2) is 18.3 Å². The lowest BCUT2D eigenvalue weighted by Crippen LogP contribution is -2.43. The number of nitrogens with two attached hydrogens (primary N) is 1. The maximum absolute atomic E-state index is 5.75. The topological polar surface area (TPSA) is 60.2 Å². The normalized spacial score (nSPS) is 25.0. The summed E-state index contributed by atoms with van der Waals surface area (Å²) >= 11 is 0. The fourth-order valence-electron chi connectivity index (χ4n) is 2.96. The van der Waals surface area contributed by atoms with Crippen molar-refractivity contribution in [2.24, 2.45) is 17.7 Å². The number of ether oxygens (including phenoxy) is 1. The van der Waals surface area contributed by atoms with Crippen LogP contribution in [-0.2, 0) is 6.42 Å². The maximum atomic E-state index is 5.75. The Balaban J connectivity index is 1.94. The van der Waals surface area contributed by atoms with Crippen molar-refractivity contribution in [3.8, 4) is 5.88 Å². The number of hydrazine groups is 1. The minimum Gasteiger partial charge on any atom is -0.481 e. The van der Waals surface area contributed by atoms with Crippen molar-refractivity contribution in [1.82, 2.24) is 10.4 Å². The highest BCUT2D eigenvalue weighted by atomic mass is 16.5. The van der Waals surface area contributed by atoms with Gasteiger partial charge in [0, 0.05) is 18.3 Å². The van der Waals surface area contributed by atoms with Gasteiger partial charge in [-0.15, -0.1) is 0 Å². The zero-order valence-corrected chi connectivity index (χ0v) is 11.9. The largest absolute Gasteiger partial charge is 0.481 e. The highest BCUT2D eigenvalue weighted by Gasteiger charge is 2.25. The molecule has 1 aromatic rings. The van der Waals surface area contributed by atoms with Gasteiger partial charge in [0.1, 0.15) is 0 Å². The van der Waals surface area contributed by atoms with Crippen LogP contribution < -0.4 is 16.0 Å². The minimum atomic E-state index is 0.350. The molecule has 19 heavy (non-hydrogen) atoms. The lowest BCUT2D eigenvalue weighted by molar-refractivity contribution is 0.229. The summed E-state index contributed by atoms with van der Waals surface area (Å²) in [5, 5.41) is 0. The number of nitrogens with one attached hydrogen (secondary N) is 1.